The lowest BCUT2D eigenvalue weighted by Gasteiger charge is -2.12. The van der Waals surface area contributed by atoms with Gasteiger partial charge in [0.15, 0.2) is 0 Å². The van der Waals surface area contributed by atoms with Crippen molar-refractivity contribution in [1.29, 1.82) is 0 Å². The number of hydrogen-bond acceptors (Lipinski definition) is 3. The van der Waals surface area contributed by atoms with Gasteiger partial charge in [-0.2, -0.15) is 0 Å². The van der Waals surface area contributed by atoms with Gasteiger partial charge in [0.05, 0.1) is 18.2 Å². The summed E-state index contributed by atoms with van der Waals surface area (Å²) < 4.78 is 29.9. The van der Waals surface area contributed by atoms with Crippen LogP contribution < -0.4 is 0 Å². The molecule has 1 rings (SSSR count). The molecule has 0 bridgehead atoms. The van der Waals surface area contributed by atoms with Crippen LogP contribution in [0.5, 0.6) is 0 Å². The van der Waals surface area contributed by atoms with Crippen LogP contribution in [0.4, 0.5) is 8.78 Å². The standard InChI is InChI=1S/C10H10BrF2NO2/c1-5-6(3-11)8(10(15)16-2)7(4-14-5)9(12)13/h4,9H,3H2,1-2H3. The van der Waals surface area contributed by atoms with E-state index in [0.29, 0.717) is 11.3 Å². The number of alkyl halides is 3. The van der Waals surface area contributed by atoms with Gasteiger partial charge in [0.1, 0.15) is 0 Å². The zero-order chi connectivity index (χ0) is 12.3. The van der Waals surface area contributed by atoms with Gasteiger partial charge in [-0.25, -0.2) is 13.6 Å². The van der Waals surface area contributed by atoms with Crippen LogP contribution in [0.1, 0.15) is 33.6 Å². The summed E-state index contributed by atoms with van der Waals surface area (Å²) in [6.45, 7) is 1.65. The van der Waals surface area contributed by atoms with E-state index >= 15 is 0 Å². The molecule has 88 valence electrons. The van der Waals surface area contributed by atoms with Crippen molar-refractivity contribution in [2.24, 2.45) is 0 Å². The third kappa shape index (κ3) is 2.37. The van der Waals surface area contributed by atoms with Crippen molar-refractivity contribution in [3.8, 4) is 0 Å². The molecule has 0 saturated carbocycles. The third-order valence-electron chi connectivity index (χ3n) is 2.18. The number of carbonyl (C=O) groups excluding carboxylic acids is 1. The topological polar surface area (TPSA) is 39.2 Å². The van der Waals surface area contributed by atoms with Crippen molar-refractivity contribution in [3.05, 3.63) is 28.6 Å². The van der Waals surface area contributed by atoms with E-state index in [1.807, 2.05) is 0 Å². The maximum absolute atomic E-state index is 12.7. The monoisotopic (exact) mass is 293 g/mol. The molecule has 0 saturated heterocycles. The van der Waals surface area contributed by atoms with E-state index in [-0.39, 0.29) is 10.9 Å². The van der Waals surface area contributed by atoms with Crippen LogP contribution in [0, 0.1) is 6.92 Å². The molecule has 6 heteroatoms. The fourth-order valence-electron chi connectivity index (χ4n) is 1.34. The molecule has 0 fully saturated rings. The fourth-order valence-corrected chi connectivity index (χ4v) is 2.02. The number of nitrogens with zero attached hydrogens (tertiary/aromatic N) is 1. The Hall–Kier alpha value is -1.04. The predicted molar refractivity (Wildman–Crippen MR) is 57.9 cm³/mol. The quantitative estimate of drug-likeness (QED) is 0.635. The van der Waals surface area contributed by atoms with Crippen molar-refractivity contribution in [2.75, 3.05) is 7.11 Å². The zero-order valence-corrected chi connectivity index (χ0v) is 10.3. The van der Waals surface area contributed by atoms with Crippen molar-refractivity contribution in [2.45, 2.75) is 18.7 Å². The van der Waals surface area contributed by atoms with Crippen LogP contribution in [0.2, 0.25) is 0 Å². The summed E-state index contributed by atoms with van der Waals surface area (Å²) in [5.74, 6) is -0.768. The molecule has 0 N–H and O–H groups in total. The molecule has 0 amide bonds. The summed E-state index contributed by atoms with van der Waals surface area (Å²) in [4.78, 5) is 15.3. The van der Waals surface area contributed by atoms with Crippen LogP contribution in [-0.2, 0) is 10.1 Å². The second kappa shape index (κ2) is 5.34. The van der Waals surface area contributed by atoms with E-state index in [1.54, 1.807) is 6.92 Å². The maximum Gasteiger partial charge on any atom is 0.338 e. The Morgan fingerprint density at radius 2 is 2.25 bits per heavy atom. The Balaban J connectivity index is 3.47. The average molecular weight is 294 g/mol. The Kier molecular flexibility index (Phi) is 4.35. The van der Waals surface area contributed by atoms with Crippen LogP contribution >= 0.6 is 15.9 Å². The molecule has 16 heavy (non-hydrogen) atoms. The summed E-state index contributed by atoms with van der Waals surface area (Å²) in [7, 11) is 1.16. The number of halogens is 3. The highest BCUT2D eigenvalue weighted by Crippen LogP contribution is 2.28. The van der Waals surface area contributed by atoms with Crippen molar-refractivity contribution < 1.29 is 18.3 Å². The minimum absolute atomic E-state index is 0.0955. The van der Waals surface area contributed by atoms with Crippen LogP contribution in [0.3, 0.4) is 0 Å². The lowest BCUT2D eigenvalue weighted by atomic mass is 10.0. The minimum Gasteiger partial charge on any atom is -0.465 e. The molecule has 0 aliphatic rings. The second-order valence-electron chi connectivity index (χ2n) is 3.08. The molecule has 1 heterocycles. The van der Waals surface area contributed by atoms with E-state index in [0.717, 1.165) is 13.3 Å². The molecule has 0 spiro atoms. The Morgan fingerprint density at radius 1 is 1.62 bits per heavy atom. The number of carbonyl (C=O) groups is 1. The number of aromatic nitrogens is 1. The van der Waals surface area contributed by atoms with Gasteiger partial charge in [0.25, 0.3) is 6.43 Å². The molecule has 0 aliphatic carbocycles. The molecule has 0 aromatic carbocycles. The van der Waals surface area contributed by atoms with Gasteiger partial charge < -0.3 is 4.74 Å². The highest BCUT2D eigenvalue weighted by Gasteiger charge is 2.24. The Labute approximate surface area is 99.9 Å². The van der Waals surface area contributed by atoms with E-state index in [2.05, 4.69) is 25.7 Å². The first-order chi connectivity index (χ1) is 7.52. The highest BCUT2D eigenvalue weighted by atomic mass is 79.9. The molecule has 0 unspecified atom stereocenters. The fraction of sp³-hybridized carbons (Fsp3) is 0.400. The number of esters is 1. The largest absolute Gasteiger partial charge is 0.465 e. The van der Waals surface area contributed by atoms with Gasteiger partial charge in [-0.05, 0) is 12.5 Å². The third-order valence-corrected chi connectivity index (χ3v) is 2.74. The smallest absolute Gasteiger partial charge is 0.338 e. The van der Waals surface area contributed by atoms with Crippen molar-refractivity contribution >= 4 is 21.9 Å². The molecule has 3 nitrogen and oxygen atoms in total. The number of pyridine rings is 1. The van der Waals surface area contributed by atoms with Gasteiger partial charge in [0, 0.05) is 17.2 Å². The first kappa shape index (κ1) is 13.0. The Bertz CT molecular complexity index is 410. The zero-order valence-electron chi connectivity index (χ0n) is 8.76. The van der Waals surface area contributed by atoms with E-state index in [1.165, 1.54) is 0 Å². The highest BCUT2D eigenvalue weighted by molar-refractivity contribution is 9.08. The second-order valence-corrected chi connectivity index (χ2v) is 3.64. The molecule has 0 aliphatic heterocycles. The minimum atomic E-state index is -2.75. The van der Waals surface area contributed by atoms with Gasteiger partial charge in [-0.1, -0.05) is 15.9 Å². The SMILES string of the molecule is COC(=O)c1c(C(F)F)cnc(C)c1CBr. The average Bonchev–Trinajstić information content (AvgIpc) is 2.27. The van der Waals surface area contributed by atoms with E-state index < -0.39 is 18.0 Å². The lowest BCUT2D eigenvalue weighted by molar-refractivity contribution is 0.0587. The molecular weight excluding hydrogens is 284 g/mol. The summed E-state index contributed by atoms with van der Waals surface area (Å²) in [6, 6.07) is 0. The number of hydrogen-bond donors (Lipinski definition) is 0. The normalized spacial score (nSPS) is 10.6. The van der Waals surface area contributed by atoms with Gasteiger partial charge in [-0.3, -0.25) is 4.98 Å². The summed E-state index contributed by atoms with van der Waals surface area (Å²) in [5, 5.41) is 0.275. The first-order valence-electron chi connectivity index (χ1n) is 4.43. The van der Waals surface area contributed by atoms with Crippen LogP contribution in [0.15, 0.2) is 6.20 Å². The number of rotatable bonds is 3. The Morgan fingerprint density at radius 3 is 2.69 bits per heavy atom. The lowest BCUT2D eigenvalue weighted by Crippen LogP contribution is -2.12. The summed E-state index contributed by atoms with van der Waals surface area (Å²) in [5.41, 5.74) is 0.472. The number of methoxy groups -OCH3 is 1. The molecule has 1 aromatic heterocycles. The van der Waals surface area contributed by atoms with E-state index in [4.69, 9.17) is 0 Å². The molecule has 1 aromatic rings. The summed E-state index contributed by atoms with van der Waals surface area (Å²) >= 11 is 3.15. The van der Waals surface area contributed by atoms with E-state index in [9.17, 15) is 13.6 Å². The predicted octanol–water partition coefficient (Wildman–Crippen LogP) is 3.01. The summed E-state index contributed by atoms with van der Waals surface area (Å²) in [6.07, 6.45) is -1.74. The van der Waals surface area contributed by atoms with Crippen molar-refractivity contribution in [1.82, 2.24) is 4.98 Å². The van der Waals surface area contributed by atoms with Crippen molar-refractivity contribution in [3.63, 3.8) is 0 Å². The molecular formula is C10H10BrF2NO2. The van der Waals surface area contributed by atoms with Crippen LogP contribution in [0.25, 0.3) is 0 Å². The molecule has 0 atom stereocenters. The maximum atomic E-state index is 12.7. The molecule has 0 radical (unpaired) electrons. The van der Waals surface area contributed by atoms with Gasteiger partial charge >= 0.3 is 5.97 Å². The number of ether oxygens (including phenoxy) is 1. The van der Waals surface area contributed by atoms with Gasteiger partial charge in [-0.15, -0.1) is 0 Å². The first-order valence-corrected chi connectivity index (χ1v) is 5.55. The van der Waals surface area contributed by atoms with Crippen LogP contribution in [-0.4, -0.2) is 18.1 Å². The number of aryl methyl sites for hydroxylation is 1. The van der Waals surface area contributed by atoms with Gasteiger partial charge in [0.2, 0.25) is 0 Å².